The van der Waals surface area contributed by atoms with Crippen LogP contribution in [0.4, 0.5) is 0 Å². The standard InChI is InChI=1S/C11H20N4/c1-8-9(2)14-15-6-5-10(13-7-12)3-4-11(8)15/h8-11,13-14H,3-6H2,1-2H3. The van der Waals surface area contributed by atoms with Crippen LogP contribution < -0.4 is 10.7 Å². The van der Waals surface area contributed by atoms with Crippen LogP contribution in [-0.2, 0) is 0 Å². The second kappa shape index (κ2) is 4.38. The van der Waals surface area contributed by atoms with Crippen molar-refractivity contribution in [3.8, 4) is 6.19 Å². The first kappa shape index (κ1) is 10.7. The van der Waals surface area contributed by atoms with Crippen LogP contribution in [-0.4, -0.2) is 29.7 Å². The minimum Gasteiger partial charge on any atom is -0.321 e. The van der Waals surface area contributed by atoms with Gasteiger partial charge in [-0.1, -0.05) is 6.92 Å². The van der Waals surface area contributed by atoms with Crippen molar-refractivity contribution in [2.24, 2.45) is 5.92 Å². The molecule has 0 amide bonds. The van der Waals surface area contributed by atoms with Gasteiger partial charge in [0.1, 0.15) is 0 Å². The predicted octanol–water partition coefficient (Wildman–Crippen LogP) is 0.823. The number of nitrogens with zero attached hydrogens (tertiary/aromatic N) is 2. The number of fused-ring (bicyclic) bond motifs is 1. The van der Waals surface area contributed by atoms with Crippen molar-refractivity contribution in [1.82, 2.24) is 15.8 Å². The van der Waals surface area contributed by atoms with Crippen molar-refractivity contribution in [1.29, 1.82) is 5.26 Å². The number of hydrogen-bond donors (Lipinski definition) is 2. The largest absolute Gasteiger partial charge is 0.321 e. The molecular formula is C11H20N4. The van der Waals surface area contributed by atoms with Gasteiger partial charge in [0.2, 0.25) is 0 Å². The lowest BCUT2D eigenvalue weighted by molar-refractivity contribution is 0.176. The van der Waals surface area contributed by atoms with Crippen LogP contribution in [0, 0.1) is 17.4 Å². The molecule has 4 nitrogen and oxygen atoms in total. The Labute approximate surface area is 91.6 Å². The van der Waals surface area contributed by atoms with Gasteiger partial charge in [-0.15, -0.1) is 0 Å². The van der Waals surface area contributed by atoms with Gasteiger partial charge in [-0.05, 0) is 32.1 Å². The Morgan fingerprint density at radius 1 is 1.33 bits per heavy atom. The summed E-state index contributed by atoms with van der Waals surface area (Å²) in [5, 5.41) is 13.9. The van der Waals surface area contributed by atoms with Crippen molar-refractivity contribution >= 4 is 0 Å². The maximum absolute atomic E-state index is 8.62. The maximum Gasteiger partial charge on any atom is 0.176 e. The molecule has 2 saturated heterocycles. The van der Waals surface area contributed by atoms with E-state index in [-0.39, 0.29) is 0 Å². The molecule has 0 spiro atoms. The average Bonchev–Trinajstić information content (AvgIpc) is 2.40. The van der Waals surface area contributed by atoms with Crippen molar-refractivity contribution in [2.45, 2.75) is 51.2 Å². The summed E-state index contributed by atoms with van der Waals surface area (Å²) in [5.41, 5.74) is 3.53. The van der Waals surface area contributed by atoms with Gasteiger partial charge in [0, 0.05) is 24.7 Å². The minimum absolute atomic E-state index is 0.380. The third-order valence-electron chi connectivity index (χ3n) is 3.96. The van der Waals surface area contributed by atoms with Crippen LogP contribution >= 0.6 is 0 Å². The molecule has 0 aromatic carbocycles. The third kappa shape index (κ3) is 2.09. The topological polar surface area (TPSA) is 51.1 Å². The summed E-state index contributed by atoms with van der Waals surface area (Å²) in [7, 11) is 0. The van der Waals surface area contributed by atoms with Gasteiger partial charge >= 0.3 is 0 Å². The summed E-state index contributed by atoms with van der Waals surface area (Å²) in [4.78, 5) is 0. The predicted molar refractivity (Wildman–Crippen MR) is 58.6 cm³/mol. The van der Waals surface area contributed by atoms with E-state index in [1.165, 1.54) is 6.42 Å². The average molecular weight is 208 g/mol. The molecule has 4 heteroatoms. The van der Waals surface area contributed by atoms with Gasteiger partial charge in [-0.3, -0.25) is 5.43 Å². The Hall–Kier alpha value is -0.790. The lowest BCUT2D eigenvalue weighted by Gasteiger charge is -2.22. The molecule has 0 aromatic heterocycles. The summed E-state index contributed by atoms with van der Waals surface area (Å²) >= 11 is 0. The zero-order valence-electron chi connectivity index (χ0n) is 9.53. The molecule has 84 valence electrons. The number of hydrogen-bond acceptors (Lipinski definition) is 4. The van der Waals surface area contributed by atoms with Gasteiger partial charge in [-0.2, -0.15) is 5.26 Å². The molecule has 2 N–H and O–H groups in total. The van der Waals surface area contributed by atoms with Crippen LogP contribution in [0.3, 0.4) is 0 Å². The zero-order valence-corrected chi connectivity index (χ0v) is 9.53. The number of rotatable bonds is 1. The second-order valence-electron chi connectivity index (χ2n) is 4.86. The van der Waals surface area contributed by atoms with Crippen LogP contribution in [0.15, 0.2) is 0 Å². The van der Waals surface area contributed by atoms with Gasteiger partial charge in [0.05, 0.1) is 0 Å². The van der Waals surface area contributed by atoms with Gasteiger partial charge in [-0.25, -0.2) is 5.01 Å². The smallest absolute Gasteiger partial charge is 0.176 e. The Bertz CT molecular complexity index is 260. The highest BCUT2D eigenvalue weighted by molar-refractivity contribution is 4.92. The molecule has 0 bridgehead atoms. The molecular weight excluding hydrogens is 188 g/mol. The van der Waals surface area contributed by atoms with E-state index in [4.69, 9.17) is 5.26 Å². The van der Waals surface area contributed by atoms with E-state index >= 15 is 0 Å². The Balaban J connectivity index is 1.96. The van der Waals surface area contributed by atoms with Crippen molar-refractivity contribution < 1.29 is 0 Å². The summed E-state index contributed by atoms with van der Waals surface area (Å²) in [6, 6.07) is 1.63. The molecule has 0 saturated carbocycles. The van der Waals surface area contributed by atoms with E-state index in [0.29, 0.717) is 24.0 Å². The van der Waals surface area contributed by atoms with Crippen LogP contribution in [0.25, 0.3) is 0 Å². The Morgan fingerprint density at radius 3 is 2.87 bits per heavy atom. The van der Waals surface area contributed by atoms with E-state index in [1.54, 1.807) is 0 Å². The highest BCUT2D eigenvalue weighted by atomic mass is 15.6. The molecule has 4 unspecified atom stereocenters. The van der Waals surface area contributed by atoms with E-state index in [9.17, 15) is 0 Å². The fraction of sp³-hybridized carbons (Fsp3) is 0.909. The van der Waals surface area contributed by atoms with Crippen LogP contribution in [0.1, 0.15) is 33.1 Å². The van der Waals surface area contributed by atoms with E-state index < -0.39 is 0 Å². The van der Waals surface area contributed by atoms with Gasteiger partial charge < -0.3 is 5.32 Å². The van der Waals surface area contributed by atoms with Crippen molar-refractivity contribution in [2.75, 3.05) is 6.54 Å². The molecule has 0 radical (unpaired) electrons. The van der Waals surface area contributed by atoms with Gasteiger partial charge in [0.25, 0.3) is 0 Å². The molecule has 15 heavy (non-hydrogen) atoms. The first-order valence-electron chi connectivity index (χ1n) is 5.90. The zero-order chi connectivity index (χ0) is 10.8. The summed E-state index contributed by atoms with van der Waals surface area (Å²) in [5.74, 6) is 0.714. The molecule has 0 aromatic rings. The lowest BCUT2D eigenvalue weighted by atomic mass is 9.93. The monoisotopic (exact) mass is 208 g/mol. The molecule has 2 aliphatic rings. The molecule has 2 heterocycles. The fourth-order valence-corrected chi connectivity index (χ4v) is 2.79. The van der Waals surface area contributed by atoms with Crippen molar-refractivity contribution in [3.05, 3.63) is 0 Å². The maximum atomic E-state index is 8.62. The van der Waals surface area contributed by atoms with Gasteiger partial charge in [0.15, 0.2) is 6.19 Å². The Morgan fingerprint density at radius 2 is 2.13 bits per heavy atom. The molecule has 2 fully saturated rings. The number of nitrogens with one attached hydrogen (secondary N) is 2. The Kier molecular flexibility index (Phi) is 3.13. The quantitative estimate of drug-likeness (QED) is 0.495. The first-order chi connectivity index (χ1) is 7.22. The fourth-order valence-electron chi connectivity index (χ4n) is 2.79. The molecule has 4 atom stereocenters. The summed E-state index contributed by atoms with van der Waals surface area (Å²) in [6.07, 6.45) is 5.44. The SMILES string of the molecule is CC1NN2CCC(NC#N)CCC2C1C. The highest BCUT2D eigenvalue weighted by Crippen LogP contribution is 2.28. The van der Waals surface area contributed by atoms with Crippen LogP contribution in [0.5, 0.6) is 0 Å². The highest BCUT2D eigenvalue weighted by Gasteiger charge is 2.37. The summed E-state index contributed by atoms with van der Waals surface area (Å²) in [6.45, 7) is 5.63. The number of nitriles is 1. The van der Waals surface area contributed by atoms with Crippen molar-refractivity contribution in [3.63, 3.8) is 0 Å². The minimum atomic E-state index is 0.380. The second-order valence-corrected chi connectivity index (χ2v) is 4.86. The van der Waals surface area contributed by atoms with E-state index in [2.05, 4.69) is 35.8 Å². The normalized spacial score (nSPS) is 41.7. The third-order valence-corrected chi connectivity index (χ3v) is 3.96. The van der Waals surface area contributed by atoms with E-state index in [0.717, 1.165) is 19.4 Å². The molecule has 0 aliphatic carbocycles. The molecule has 2 aliphatic heterocycles. The first-order valence-corrected chi connectivity index (χ1v) is 5.90. The summed E-state index contributed by atoms with van der Waals surface area (Å²) < 4.78 is 0. The lowest BCUT2D eigenvalue weighted by Crippen LogP contribution is -2.39. The molecule has 2 rings (SSSR count). The van der Waals surface area contributed by atoms with E-state index in [1.807, 2.05) is 0 Å². The number of hydrazine groups is 1. The van der Waals surface area contributed by atoms with Crippen LogP contribution in [0.2, 0.25) is 0 Å².